The first-order chi connectivity index (χ1) is 8.31. The van der Waals surface area contributed by atoms with Gasteiger partial charge < -0.3 is 11.1 Å². The zero-order valence-electron chi connectivity index (χ0n) is 11.7. The third-order valence-corrected chi connectivity index (χ3v) is 3.00. The Morgan fingerprint density at radius 2 is 2.05 bits per heavy atom. The summed E-state index contributed by atoms with van der Waals surface area (Å²) in [5, 5.41) is 3.07. The van der Waals surface area contributed by atoms with E-state index < -0.39 is 0 Å². The number of rotatable bonds is 3. The first-order valence-electron chi connectivity index (χ1n) is 5.72. The van der Waals surface area contributed by atoms with Crippen LogP contribution in [0.3, 0.4) is 0 Å². The minimum atomic E-state index is -0.250. The highest BCUT2D eigenvalue weighted by Gasteiger charge is 2.10. The Hall–Kier alpha value is -0.500. The third-order valence-electron chi connectivity index (χ3n) is 2.17. The number of aliphatic imine (C=N–C) groups is 1. The van der Waals surface area contributed by atoms with E-state index in [1.807, 2.05) is 27.0 Å². The maximum atomic E-state index is 13.2. The summed E-state index contributed by atoms with van der Waals surface area (Å²) < 4.78 is 13.2. The highest BCUT2D eigenvalue weighted by Crippen LogP contribution is 2.21. The minimum Gasteiger partial charge on any atom is -0.370 e. The number of halogens is 2. The largest absolute Gasteiger partial charge is 0.370 e. The standard InChI is InChI=1S/C13H20FN3S.HI/c1-13(2,3)17-12(15)16-8-9-7-10(14)5-6-11(9)18-4;/h5-7H,8H2,1-4H3,(H3,15,16,17);1H. The van der Waals surface area contributed by atoms with Gasteiger partial charge in [0.1, 0.15) is 5.82 Å². The Morgan fingerprint density at radius 1 is 1.42 bits per heavy atom. The van der Waals surface area contributed by atoms with Crippen LogP contribution >= 0.6 is 35.7 Å². The van der Waals surface area contributed by atoms with Gasteiger partial charge in [0.2, 0.25) is 0 Å². The van der Waals surface area contributed by atoms with Crippen LogP contribution in [0.4, 0.5) is 4.39 Å². The fourth-order valence-electron chi connectivity index (χ4n) is 1.46. The summed E-state index contributed by atoms with van der Waals surface area (Å²) in [4.78, 5) is 5.25. The lowest BCUT2D eigenvalue weighted by molar-refractivity contribution is 0.508. The van der Waals surface area contributed by atoms with Crippen molar-refractivity contribution in [3.8, 4) is 0 Å². The second kappa shape index (κ2) is 7.94. The smallest absolute Gasteiger partial charge is 0.189 e. The maximum absolute atomic E-state index is 13.2. The van der Waals surface area contributed by atoms with Crippen molar-refractivity contribution in [1.82, 2.24) is 5.32 Å². The van der Waals surface area contributed by atoms with Crippen LogP contribution in [-0.4, -0.2) is 17.8 Å². The van der Waals surface area contributed by atoms with Crippen LogP contribution in [0.2, 0.25) is 0 Å². The van der Waals surface area contributed by atoms with Crippen molar-refractivity contribution >= 4 is 41.7 Å². The lowest BCUT2D eigenvalue weighted by atomic mass is 10.1. The van der Waals surface area contributed by atoms with Crippen molar-refractivity contribution in [3.63, 3.8) is 0 Å². The lowest BCUT2D eigenvalue weighted by Crippen LogP contribution is -2.44. The van der Waals surface area contributed by atoms with Gasteiger partial charge in [-0.3, -0.25) is 0 Å². The summed E-state index contributed by atoms with van der Waals surface area (Å²) in [5.74, 6) is 0.124. The molecule has 6 heteroatoms. The zero-order valence-corrected chi connectivity index (χ0v) is 14.8. The lowest BCUT2D eigenvalue weighted by Gasteiger charge is -2.21. The molecule has 0 aliphatic heterocycles. The number of nitrogens with zero attached hydrogens (tertiary/aromatic N) is 1. The SMILES string of the molecule is CSc1ccc(F)cc1CN=C(N)NC(C)(C)C.I. The molecule has 0 radical (unpaired) electrons. The molecule has 0 spiro atoms. The molecule has 0 aromatic heterocycles. The van der Waals surface area contributed by atoms with Gasteiger partial charge in [-0.25, -0.2) is 9.38 Å². The quantitative estimate of drug-likeness (QED) is 0.356. The number of thioether (sulfide) groups is 1. The van der Waals surface area contributed by atoms with Crippen molar-refractivity contribution in [2.24, 2.45) is 10.7 Å². The zero-order chi connectivity index (χ0) is 13.8. The Balaban J connectivity index is 0.00000324. The van der Waals surface area contributed by atoms with Crippen LogP contribution in [0.1, 0.15) is 26.3 Å². The first-order valence-corrected chi connectivity index (χ1v) is 6.95. The molecule has 3 nitrogen and oxygen atoms in total. The van der Waals surface area contributed by atoms with Gasteiger partial charge in [0.15, 0.2) is 5.96 Å². The van der Waals surface area contributed by atoms with Gasteiger partial charge in [0.25, 0.3) is 0 Å². The van der Waals surface area contributed by atoms with E-state index in [0.717, 1.165) is 10.5 Å². The fourth-order valence-corrected chi connectivity index (χ4v) is 2.05. The van der Waals surface area contributed by atoms with Gasteiger partial charge in [0.05, 0.1) is 6.54 Å². The normalized spacial score (nSPS) is 11.9. The summed E-state index contributed by atoms with van der Waals surface area (Å²) in [7, 11) is 0. The van der Waals surface area contributed by atoms with E-state index in [1.165, 1.54) is 12.1 Å². The second-order valence-electron chi connectivity index (χ2n) is 5.03. The first kappa shape index (κ1) is 18.5. The van der Waals surface area contributed by atoms with Crippen LogP contribution in [0, 0.1) is 5.82 Å². The molecule has 0 fully saturated rings. The summed E-state index contributed by atoms with van der Waals surface area (Å²) in [6.45, 7) is 6.39. The highest BCUT2D eigenvalue weighted by atomic mass is 127. The number of hydrogen-bond donors (Lipinski definition) is 2. The molecular weight excluding hydrogens is 376 g/mol. The monoisotopic (exact) mass is 397 g/mol. The molecule has 19 heavy (non-hydrogen) atoms. The summed E-state index contributed by atoms with van der Waals surface area (Å²) in [6, 6.07) is 4.72. The van der Waals surface area contributed by atoms with Crippen molar-refractivity contribution < 1.29 is 4.39 Å². The molecule has 3 N–H and O–H groups in total. The Bertz CT molecular complexity index is 444. The molecule has 0 atom stereocenters. The summed E-state index contributed by atoms with van der Waals surface area (Å²) in [6.07, 6.45) is 1.96. The van der Waals surface area contributed by atoms with E-state index in [1.54, 1.807) is 17.8 Å². The summed E-state index contributed by atoms with van der Waals surface area (Å²) in [5.41, 5.74) is 6.50. The predicted molar refractivity (Wildman–Crippen MR) is 91.8 cm³/mol. The van der Waals surface area contributed by atoms with E-state index in [9.17, 15) is 4.39 Å². The summed E-state index contributed by atoms with van der Waals surface area (Å²) >= 11 is 1.57. The molecule has 1 aromatic rings. The van der Waals surface area contributed by atoms with E-state index in [4.69, 9.17) is 5.73 Å². The number of nitrogens with two attached hydrogens (primary N) is 1. The molecule has 0 bridgehead atoms. The van der Waals surface area contributed by atoms with Crippen molar-refractivity contribution in [3.05, 3.63) is 29.6 Å². The molecule has 0 unspecified atom stereocenters. The van der Waals surface area contributed by atoms with E-state index >= 15 is 0 Å². The molecule has 1 rings (SSSR count). The molecular formula is C13H21FIN3S. The Morgan fingerprint density at radius 3 is 2.58 bits per heavy atom. The van der Waals surface area contributed by atoms with Gasteiger partial charge in [0, 0.05) is 10.4 Å². The topological polar surface area (TPSA) is 50.4 Å². The van der Waals surface area contributed by atoms with Crippen LogP contribution < -0.4 is 11.1 Å². The Labute approximate surface area is 135 Å². The van der Waals surface area contributed by atoms with Gasteiger partial charge in [-0.15, -0.1) is 35.7 Å². The van der Waals surface area contributed by atoms with Gasteiger partial charge in [-0.05, 0) is 50.8 Å². The molecule has 0 saturated carbocycles. The molecule has 108 valence electrons. The Kier molecular flexibility index (Phi) is 7.73. The van der Waals surface area contributed by atoms with Crippen molar-refractivity contribution in [2.45, 2.75) is 37.8 Å². The molecule has 0 heterocycles. The van der Waals surface area contributed by atoms with Gasteiger partial charge in [-0.2, -0.15) is 0 Å². The average molecular weight is 397 g/mol. The molecule has 1 aromatic carbocycles. The number of benzene rings is 1. The van der Waals surface area contributed by atoms with E-state index in [-0.39, 0.29) is 35.3 Å². The van der Waals surface area contributed by atoms with Crippen molar-refractivity contribution in [1.29, 1.82) is 0 Å². The van der Waals surface area contributed by atoms with Crippen molar-refractivity contribution in [2.75, 3.05) is 6.26 Å². The van der Waals surface area contributed by atoms with E-state index in [0.29, 0.717) is 12.5 Å². The molecule has 0 aliphatic rings. The minimum absolute atomic E-state index is 0. The third kappa shape index (κ3) is 7.00. The predicted octanol–water partition coefficient (Wildman–Crippen LogP) is 3.37. The van der Waals surface area contributed by atoms with Gasteiger partial charge in [-0.1, -0.05) is 0 Å². The molecule has 0 saturated heterocycles. The molecule has 0 amide bonds. The van der Waals surface area contributed by atoms with Gasteiger partial charge >= 0.3 is 0 Å². The number of guanidine groups is 1. The highest BCUT2D eigenvalue weighted by molar-refractivity contribution is 14.0. The van der Waals surface area contributed by atoms with Crippen LogP contribution in [0.25, 0.3) is 0 Å². The molecule has 0 aliphatic carbocycles. The maximum Gasteiger partial charge on any atom is 0.189 e. The second-order valence-corrected chi connectivity index (χ2v) is 5.88. The van der Waals surface area contributed by atoms with Crippen LogP contribution in [0.15, 0.2) is 28.1 Å². The van der Waals surface area contributed by atoms with Crippen LogP contribution in [0.5, 0.6) is 0 Å². The fraction of sp³-hybridized carbons (Fsp3) is 0.462. The average Bonchev–Trinajstić information content (AvgIpc) is 2.24. The number of hydrogen-bond acceptors (Lipinski definition) is 2. The van der Waals surface area contributed by atoms with Crippen LogP contribution in [-0.2, 0) is 6.54 Å². The number of nitrogens with one attached hydrogen (secondary N) is 1. The van der Waals surface area contributed by atoms with E-state index in [2.05, 4.69) is 10.3 Å².